The maximum Gasteiger partial charge on any atom is 0.219 e. The maximum atomic E-state index is 11.4. The molecule has 1 aromatic carbocycles. The quantitative estimate of drug-likeness (QED) is 0.914. The van der Waals surface area contributed by atoms with Crippen LogP contribution >= 0.6 is 0 Å². The molecule has 3 heteroatoms. The second-order valence-electron chi connectivity index (χ2n) is 7.50. The van der Waals surface area contributed by atoms with Gasteiger partial charge in [-0.2, -0.15) is 0 Å². The molecule has 0 atom stereocenters. The van der Waals surface area contributed by atoms with Crippen molar-refractivity contribution in [2.75, 3.05) is 18.4 Å². The molecule has 3 rings (SSSR count). The number of para-hydroxylation sites is 1. The molecule has 120 valence electrons. The predicted octanol–water partition coefficient (Wildman–Crippen LogP) is 4.01. The lowest BCUT2D eigenvalue weighted by atomic mass is 9.60. The summed E-state index contributed by atoms with van der Waals surface area (Å²) < 4.78 is 0. The molecule has 0 radical (unpaired) electrons. The second-order valence-corrected chi connectivity index (χ2v) is 7.50. The summed E-state index contributed by atoms with van der Waals surface area (Å²) in [5.41, 5.74) is 3.21. The van der Waals surface area contributed by atoms with Crippen molar-refractivity contribution in [2.24, 2.45) is 5.41 Å². The van der Waals surface area contributed by atoms with Crippen LogP contribution in [-0.2, 0) is 4.79 Å². The number of likely N-dealkylation sites (tertiary alicyclic amines) is 1. The van der Waals surface area contributed by atoms with Crippen molar-refractivity contribution in [1.29, 1.82) is 0 Å². The Kier molecular flexibility index (Phi) is 4.16. The molecule has 2 aliphatic rings. The maximum absolute atomic E-state index is 11.4. The number of anilines is 1. The van der Waals surface area contributed by atoms with Crippen LogP contribution in [0.3, 0.4) is 0 Å². The number of carbonyl (C=O) groups is 1. The number of amides is 1. The SMILES string of the molecule is CC(=O)N1CCC2(CC1)CC(Nc1ccccc1C(C)C)C2. The summed E-state index contributed by atoms with van der Waals surface area (Å²) >= 11 is 0. The van der Waals surface area contributed by atoms with E-state index in [1.54, 1.807) is 6.92 Å². The average molecular weight is 300 g/mol. The average Bonchev–Trinajstić information content (AvgIpc) is 2.46. The first-order valence-corrected chi connectivity index (χ1v) is 8.60. The van der Waals surface area contributed by atoms with Crippen molar-refractivity contribution in [1.82, 2.24) is 4.90 Å². The van der Waals surface area contributed by atoms with Gasteiger partial charge < -0.3 is 10.2 Å². The van der Waals surface area contributed by atoms with E-state index in [0.29, 0.717) is 17.4 Å². The second kappa shape index (κ2) is 5.94. The van der Waals surface area contributed by atoms with E-state index in [0.717, 1.165) is 13.1 Å². The van der Waals surface area contributed by atoms with Crippen molar-refractivity contribution in [3.8, 4) is 0 Å². The molecule has 2 fully saturated rings. The number of nitrogens with zero attached hydrogens (tertiary/aromatic N) is 1. The summed E-state index contributed by atoms with van der Waals surface area (Å²) in [7, 11) is 0. The number of nitrogens with one attached hydrogen (secondary N) is 1. The first kappa shape index (κ1) is 15.4. The molecule has 0 aromatic heterocycles. The normalized spacial score (nSPS) is 21.0. The van der Waals surface area contributed by atoms with Gasteiger partial charge in [-0.05, 0) is 48.6 Å². The van der Waals surface area contributed by atoms with Gasteiger partial charge in [-0.25, -0.2) is 0 Å². The molecule has 1 amide bonds. The van der Waals surface area contributed by atoms with Gasteiger partial charge in [-0.15, -0.1) is 0 Å². The predicted molar refractivity (Wildman–Crippen MR) is 91.1 cm³/mol. The van der Waals surface area contributed by atoms with E-state index in [1.165, 1.54) is 36.9 Å². The van der Waals surface area contributed by atoms with Gasteiger partial charge in [0.25, 0.3) is 0 Å². The summed E-state index contributed by atoms with van der Waals surface area (Å²) in [6.07, 6.45) is 4.86. The van der Waals surface area contributed by atoms with Gasteiger partial charge in [0.1, 0.15) is 0 Å². The van der Waals surface area contributed by atoms with Crippen molar-refractivity contribution < 1.29 is 4.79 Å². The molecule has 3 nitrogen and oxygen atoms in total. The van der Waals surface area contributed by atoms with Gasteiger partial charge in [0.05, 0.1) is 0 Å². The highest BCUT2D eigenvalue weighted by atomic mass is 16.2. The number of carbonyl (C=O) groups excluding carboxylic acids is 1. The Hall–Kier alpha value is -1.51. The fraction of sp³-hybridized carbons (Fsp3) is 0.632. The van der Waals surface area contributed by atoms with Crippen LogP contribution in [0.2, 0.25) is 0 Å². The minimum Gasteiger partial charge on any atom is -0.382 e. The van der Waals surface area contributed by atoms with Crippen molar-refractivity contribution in [2.45, 2.75) is 58.4 Å². The van der Waals surface area contributed by atoms with Gasteiger partial charge in [0.2, 0.25) is 5.91 Å². The molecular formula is C19H28N2O. The molecule has 1 aliphatic heterocycles. The van der Waals surface area contributed by atoms with Crippen LogP contribution in [0.1, 0.15) is 57.9 Å². The fourth-order valence-electron chi connectivity index (χ4n) is 4.14. The van der Waals surface area contributed by atoms with Crippen LogP contribution in [0.15, 0.2) is 24.3 Å². The summed E-state index contributed by atoms with van der Waals surface area (Å²) in [5.74, 6) is 0.784. The number of hydrogen-bond acceptors (Lipinski definition) is 2. The molecule has 1 saturated carbocycles. The van der Waals surface area contributed by atoms with Crippen LogP contribution in [0.5, 0.6) is 0 Å². The Morgan fingerprint density at radius 3 is 2.45 bits per heavy atom. The van der Waals surface area contributed by atoms with Crippen LogP contribution in [0.25, 0.3) is 0 Å². The zero-order valence-corrected chi connectivity index (χ0v) is 14.1. The van der Waals surface area contributed by atoms with Crippen LogP contribution < -0.4 is 5.32 Å². The molecule has 1 N–H and O–H groups in total. The zero-order valence-electron chi connectivity index (χ0n) is 14.1. The Balaban J connectivity index is 1.55. The van der Waals surface area contributed by atoms with Crippen molar-refractivity contribution in [3.05, 3.63) is 29.8 Å². The fourth-order valence-corrected chi connectivity index (χ4v) is 4.14. The first-order chi connectivity index (χ1) is 10.5. The third-order valence-corrected chi connectivity index (χ3v) is 5.57. The summed E-state index contributed by atoms with van der Waals surface area (Å²) in [6, 6.07) is 9.28. The molecular weight excluding hydrogens is 272 g/mol. The van der Waals surface area contributed by atoms with Gasteiger partial charge in [-0.1, -0.05) is 32.0 Å². The lowest BCUT2D eigenvalue weighted by molar-refractivity contribution is -0.132. The molecule has 22 heavy (non-hydrogen) atoms. The molecule has 1 saturated heterocycles. The van der Waals surface area contributed by atoms with Crippen LogP contribution in [0, 0.1) is 5.41 Å². The number of hydrogen-bond donors (Lipinski definition) is 1. The van der Waals surface area contributed by atoms with Gasteiger partial charge in [0.15, 0.2) is 0 Å². The van der Waals surface area contributed by atoms with Crippen molar-refractivity contribution in [3.63, 3.8) is 0 Å². The molecule has 1 aromatic rings. The van der Waals surface area contributed by atoms with E-state index in [1.807, 2.05) is 4.90 Å². The van der Waals surface area contributed by atoms with Gasteiger partial charge in [-0.3, -0.25) is 4.79 Å². The van der Waals surface area contributed by atoms with E-state index in [9.17, 15) is 4.79 Å². The highest BCUT2D eigenvalue weighted by molar-refractivity contribution is 5.73. The number of benzene rings is 1. The van der Waals surface area contributed by atoms with Crippen LogP contribution in [-0.4, -0.2) is 29.9 Å². The first-order valence-electron chi connectivity index (χ1n) is 8.60. The highest BCUT2D eigenvalue weighted by Crippen LogP contribution is 2.50. The minimum atomic E-state index is 0.231. The van der Waals surface area contributed by atoms with Gasteiger partial charge in [0, 0.05) is 31.7 Å². The Labute approximate surface area is 134 Å². The van der Waals surface area contributed by atoms with E-state index < -0.39 is 0 Å². The molecule has 1 aliphatic carbocycles. The Bertz CT molecular complexity index is 536. The standard InChI is InChI=1S/C19H28N2O/c1-14(2)17-6-4-5-7-18(17)20-16-12-19(13-16)8-10-21(11-9-19)15(3)22/h4-7,14,16,20H,8-13H2,1-3H3. The van der Waals surface area contributed by atoms with Gasteiger partial charge >= 0.3 is 0 Å². The minimum absolute atomic E-state index is 0.231. The Morgan fingerprint density at radius 1 is 1.23 bits per heavy atom. The topological polar surface area (TPSA) is 32.3 Å². The third-order valence-electron chi connectivity index (χ3n) is 5.57. The molecule has 0 bridgehead atoms. The zero-order chi connectivity index (χ0) is 15.7. The lowest BCUT2D eigenvalue weighted by Gasteiger charge is -2.52. The monoisotopic (exact) mass is 300 g/mol. The van der Waals surface area contributed by atoms with E-state index >= 15 is 0 Å². The molecule has 0 unspecified atom stereocenters. The number of rotatable bonds is 3. The highest BCUT2D eigenvalue weighted by Gasteiger charge is 2.46. The summed E-state index contributed by atoms with van der Waals surface area (Å²) in [4.78, 5) is 13.4. The molecule has 1 spiro atoms. The number of piperidine rings is 1. The van der Waals surface area contributed by atoms with Crippen LogP contribution in [0.4, 0.5) is 5.69 Å². The lowest BCUT2D eigenvalue weighted by Crippen LogP contribution is -2.52. The van der Waals surface area contributed by atoms with E-state index in [-0.39, 0.29) is 5.91 Å². The van der Waals surface area contributed by atoms with E-state index in [4.69, 9.17) is 0 Å². The third kappa shape index (κ3) is 2.99. The largest absolute Gasteiger partial charge is 0.382 e. The van der Waals surface area contributed by atoms with E-state index in [2.05, 4.69) is 43.4 Å². The summed E-state index contributed by atoms with van der Waals surface area (Å²) in [6.45, 7) is 8.09. The molecule has 1 heterocycles. The Morgan fingerprint density at radius 2 is 1.86 bits per heavy atom. The summed E-state index contributed by atoms with van der Waals surface area (Å²) in [5, 5.41) is 3.75. The van der Waals surface area contributed by atoms with Crippen molar-refractivity contribution >= 4 is 11.6 Å². The smallest absolute Gasteiger partial charge is 0.219 e.